The third-order valence-corrected chi connectivity index (χ3v) is 3.32. The van der Waals surface area contributed by atoms with Gasteiger partial charge in [0.25, 0.3) is 5.56 Å². The molecule has 0 amide bonds. The highest BCUT2D eigenvalue weighted by Crippen LogP contribution is 2.18. The van der Waals surface area contributed by atoms with Crippen molar-refractivity contribution >= 4 is 10.9 Å². The number of hydrogen-bond acceptors (Lipinski definition) is 4. The smallest absolute Gasteiger partial charge is 0.261 e. The molecule has 5 nitrogen and oxygen atoms in total. The van der Waals surface area contributed by atoms with Gasteiger partial charge in [0.05, 0.1) is 36.5 Å². The van der Waals surface area contributed by atoms with Crippen LogP contribution in [-0.2, 0) is 4.74 Å². The number of nitrogens with zero attached hydrogens (tertiary/aromatic N) is 2. The molecule has 0 saturated carbocycles. The van der Waals surface area contributed by atoms with Gasteiger partial charge in [-0.05, 0) is 24.6 Å². The Morgan fingerprint density at radius 2 is 2.28 bits per heavy atom. The van der Waals surface area contributed by atoms with Crippen LogP contribution in [0.4, 0.5) is 0 Å². The summed E-state index contributed by atoms with van der Waals surface area (Å²) in [6.07, 6.45) is 0.847. The number of benzene rings is 1. The van der Waals surface area contributed by atoms with E-state index in [1.807, 2.05) is 19.1 Å². The molecule has 1 aromatic carbocycles. The van der Waals surface area contributed by atoms with Crippen molar-refractivity contribution in [1.29, 1.82) is 0 Å². The molecule has 0 unspecified atom stereocenters. The summed E-state index contributed by atoms with van der Waals surface area (Å²) >= 11 is 0. The van der Waals surface area contributed by atoms with Crippen molar-refractivity contribution in [2.45, 2.75) is 19.1 Å². The fourth-order valence-electron chi connectivity index (χ4n) is 2.28. The molecule has 1 fully saturated rings. The first kappa shape index (κ1) is 11.4. The van der Waals surface area contributed by atoms with Gasteiger partial charge in [-0.3, -0.25) is 9.36 Å². The minimum atomic E-state index is -0.646. The summed E-state index contributed by atoms with van der Waals surface area (Å²) in [6.45, 7) is 2.57. The summed E-state index contributed by atoms with van der Waals surface area (Å²) in [7, 11) is 0. The van der Waals surface area contributed by atoms with E-state index in [4.69, 9.17) is 4.74 Å². The van der Waals surface area contributed by atoms with E-state index >= 15 is 0 Å². The van der Waals surface area contributed by atoms with Crippen LogP contribution in [0.5, 0.6) is 0 Å². The molecule has 0 spiro atoms. The summed E-state index contributed by atoms with van der Waals surface area (Å²) in [5, 5.41) is 10.3. The van der Waals surface area contributed by atoms with Crippen molar-refractivity contribution in [3.8, 4) is 0 Å². The number of rotatable bonds is 1. The van der Waals surface area contributed by atoms with Crippen LogP contribution in [0.15, 0.2) is 29.3 Å². The zero-order valence-electron chi connectivity index (χ0n) is 10.0. The second-order valence-electron chi connectivity index (χ2n) is 4.65. The SMILES string of the molecule is Cc1ccc2c(=O)n([C@H]3COC[C@@H]3O)cnc2c1. The molecular formula is C13H14N2O3. The van der Waals surface area contributed by atoms with Crippen molar-refractivity contribution in [3.63, 3.8) is 0 Å². The molecular weight excluding hydrogens is 232 g/mol. The molecule has 0 radical (unpaired) electrons. The van der Waals surface area contributed by atoms with Crippen LogP contribution in [0.3, 0.4) is 0 Å². The number of aliphatic hydroxyl groups excluding tert-OH is 1. The highest BCUT2D eigenvalue weighted by Gasteiger charge is 2.28. The van der Waals surface area contributed by atoms with Gasteiger partial charge in [-0.2, -0.15) is 0 Å². The van der Waals surface area contributed by atoms with E-state index in [0.29, 0.717) is 17.5 Å². The number of ether oxygens (including phenoxy) is 1. The topological polar surface area (TPSA) is 64.3 Å². The fraction of sp³-hybridized carbons (Fsp3) is 0.385. The molecule has 2 atom stereocenters. The summed E-state index contributed by atoms with van der Waals surface area (Å²) in [6, 6.07) is 5.20. The maximum Gasteiger partial charge on any atom is 0.261 e. The third-order valence-electron chi connectivity index (χ3n) is 3.32. The summed E-state index contributed by atoms with van der Waals surface area (Å²) in [5.74, 6) is 0. The predicted octanol–water partition coefficient (Wildman–Crippen LogP) is 0.637. The lowest BCUT2D eigenvalue weighted by molar-refractivity contribution is 0.119. The summed E-state index contributed by atoms with van der Waals surface area (Å²) in [5.41, 5.74) is 1.62. The third kappa shape index (κ3) is 1.72. The number of aromatic nitrogens is 2. The average molecular weight is 246 g/mol. The van der Waals surface area contributed by atoms with Gasteiger partial charge in [0.2, 0.25) is 0 Å². The van der Waals surface area contributed by atoms with Crippen LogP contribution < -0.4 is 5.56 Å². The van der Waals surface area contributed by atoms with Gasteiger partial charge in [-0.15, -0.1) is 0 Å². The van der Waals surface area contributed by atoms with Crippen LogP contribution in [0, 0.1) is 6.92 Å². The van der Waals surface area contributed by atoms with Crippen LogP contribution in [0.25, 0.3) is 10.9 Å². The van der Waals surface area contributed by atoms with Crippen molar-refractivity contribution in [2.75, 3.05) is 13.2 Å². The maximum atomic E-state index is 12.3. The molecule has 1 aromatic heterocycles. The number of fused-ring (bicyclic) bond motifs is 1. The average Bonchev–Trinajstić information content (AvgIpc) is 2.76. The van der Waals surface area contributed by atoms with Gasteiger partial charge in [0.1, 0.15) is 6.10 Å². The van der Waals surface area contributed by atoms with Gasteiger partial charge in [0, 0.05) is 0 Å². The molecule has 2 aromatic rings. The van der Waals surface area contributed by atoms with Crippen LogP contribution in [-0.4, -0.2) is 34.0 Å². The first-order valence-corrected chi connectivity index (χ1v) is 5.90. The van der Waals surface area contributed by atoms with Crippen LogP contribution >= 0.6 is 0 Å². The van der Waals surface area contributed by atoms with Gasteiger partial charge in [0.15, 0.2) is 0 Å². The van der Waals surface area contributed by atoms with E-state index in [1.54, 1.807) is 6.07 Å². The van der Waals surface area contributed by atoms with Crippen molar-refractivity contribution in [1.82, 2.24) is 9.55 Å². The van der Waals surface area contributed by atoms with Crippen LogP contribution in [0.1, 0.15) is 11.6 Å². The van der Waals surface area contributed by atoms with Crippen molar-refractivity contribution in [3.05, 3.63) is 40.4 Å². The second-order valence-corrected chi connectivity index (χ2v) is 4.65. The summed E-state index contributed by atoms with van der Waals surface area (Å²) < 4.78 is 6.64. The first-order valence-electron chi connectivity index (χ1n) is 5.90. The Morgan fingerprint density at radius 3 is 3.00 bits per heavy atom. The standard InChI is InChI=1S/C13H14N2O3/c1-8-2-3-9-10(4-8)14-7-15(13(9)17)11-5-18-6-12(11)16/h2-4,7,11-12,16H,5-6H2,1H3/t11-,12-/m0/s1. The zero-order chi connectivity index (χ0) is 12.7. The minimum absolute atomic E-state index is 0.130. The quantitative estimate of drug-likeness (QED) is 0.802. The number of aliphatic hydroxyl groups is 1. The fourth-order valence-corrected chi connectivity index (χ4v) is 2.28. The molecule has 1 aliphatic heterocycles. The molecule has 2 heterocycles. The van der Waals surface area contributed by atoms with Gasteiger partial charge >= 0.3 is 0 Å². The Kier molecular flexibility index (Phi) is 2.65. The van der Waals surface area contributed by atoms with Crippen molar-refractivity contribution in [2.24, 2.45) is 0 Å². The lowest BCUT2D eigenvalue weighted by atomic mass is 10.1. The van der Waals surface area contributed by atoms with E-state index in [9.17, 15) is 9.90 Å². The molecule has 1 N–H and O–H groups in total. The van der Waals surface area contributed by atoms with E-state index in [1.165, 1.54) is 10.9 Å². The van der Waals surface area contributed by atoms with E-state index in [0.717, 1.165) is 5.56 Å². The van der Waals surface area contributed by atoms with Gasteiger partial charge in [-0.1, -0.05) is 6.07 Å². The van der Waals surface area contributed by atoms with E-state index < -0.39 is 6.10 Å². The molecule has 94 valence electrons. The Labute approximate surface area is 104 Å². The minimum Gasteiger partial charge on any atom is -0.388 e. The molecule has 5 heteroatoms. The van der Waals surface area contributed by atoms with Crippen molar-refractivity contribution < 1.29 is 9.84 Å². The Hall–Kier alpha value is -1.72. The number of hydrogen-bond donors (Lipinski definition) is 1. The molecule has 0 bridgehead atoms. The largest absolute Gasteiger partial charge is 0.388 e. The molecule has 1 aliphatic rings. The maximum absolute atomic E-state index is 12.3. The number of aryl methyl sites for hydroxylation is 1. The first-order chi connectivity index (χ1) is 8.66. The normalized spacial score (nSPS) is 23.7. The lowest BCUT2D eigenvalue weighted by Gasteiger charge is -2.15. The van der Waals surface area contributed by atoms with E-state index in [2.05, 4.69) is 4.98 Å². The highest BCUT2D eigenvalue weighted by atomic mass is 16.5. The molecule has 18 heavy (non-hydrogen) atoms. The summed E-state index contributed by atoms with van der Waals surface area (Å²) in [4.78, 5) is 16.6. The Balaban J connectivity index is 2.17. The second kappa shape index (κ2) is 4.19. The monoisotopic (exact) mass is 246 g/mol. The van der Waals surface area contributed by atoms with Crippen LogP contribution in [0.2, 0.25) is 0 Å². The lowest BCUT2D eigenvalue weighted by Crippen LogP contribution is -2.31. The van der Waals surface area contributed by atoms with Gasteiger partial charge < -0.3 is 9.84 Å². The Bertz CT molecular complexity index is 650. The Morgan fingerprint density at radius 1 is 1.44 bits per heavy atom. The molecule has 0 aliphatic carbocycles. The highest BCUT2D eigenvalue weighted by molar-refractivity contribution is 5.77. The molecule has 1 saturated heterocycles. The van der Waals surface area contributed by atoms with Gasteiger partial charge in [-0.25, -0.2) is 4.98 Å². The molecule has 3 rings (SSSR count). The zero-order valence-corrected chi connectivity index (χ0v) is 10.0. The predicted molar refractivity (Wildman–Crippen MR) is 66.6 cm³/mol. The van der Waals surface area contributed by atoms with E-state index in [-0.39, 0.29) is 18.2 Å².